The van der Waals surface area contributed by atoms with Gasteiger partial charge in [-0.3, -0.25) is 9.89 Å². The van der Waals surface area contributed by atoms with Gasteiger partial charge in [0.1, 0.15) is 12.2 Å². The number of aliphatic hydroxyl groups is 1. The van der Waals surface area contributed by atoms with Crippen molar-refractivity contribution in [2.75, 3.05) is 6.54 Å². The van der Waals surface area contributed by atoms with Crippen LogP contribution >= 0.6 is 0 Å². The third-order valence-electron chi connectivity index (χ3n) is 5.74. The highest BCUT2D eigenvalue weighted by molar-refractivity contribution is 5.80. The van der Waals surface area contributed by atoms with Crippen molar-refractivity contribution in [2.24, 2.45) is 5.92 Å². The van der Waals surface area contributed by atoms with Crippen LogP contribution in [0.25, 0.3) is 0 Å². The normalized spacial score (nSPS) is 33.9. The van der Waals surface area contributed by atoms with Gasteiger partial charge in [-0.2, -0.15) is 5.10 Å². The Morgan fingerprint density at radius 3 is 2.77 bits per heavy atom. The van der Waals surface area contributed by atoms with Gasteiger partial charge in [-0.1, -0.05) is 0 Å². The number of aliphatic hydroxyl groups excluding tert-OH is 1. The summed E-state index contributed by atoms with van der Waals surface area (Å²) in [7, 11) is 0. The van der Waals surface area contributed by atoms with Crippen LogP contribution in [0.15, 0.2) is 6.33 Å². The second-order valence-corrected chi connectivity index (χ2v) is 7.05. The van der Waals surface area contributed by atoms with Crippen molar-refractivity contribution in [3.05, 3.63) is 12.2 Å². The van der Waals surface area contributed by atoms with E-state index in [4.69, 9.17) is 0 Å². The predicted octanol–water partition coefficient (Wildman–Crippen LogP) is 1.84. The first-order valence-electron chi connectivity index (χ1n) is 8.37. The highest BCUT2D eigenvalue weighted by Crippen LogP contribution is 2.39. The Balaban J connectivity index is 1.62. The van der Waals surface area contributed by atoms with Crippen molar-refractivity contribution in [1.82, 2.24) is 20.1 Å². The van der Waals surface area contributed by atoms with Gasteiger partial charge < -0.3 is 10.0 Å². The minimum Gasteiger partial charge on any atom is -0.391 e. The van der Waals surface area contributed by atoms with E-state index in [1.807, 2.05) is 11.8 Å². The van der Waals surface area contributed by atoms with Gasteiger partial charge in [0.15, 0.2) is 0 Å². The Bertz CT molecular complexity index is 508. The van der Waals surface area contributed by atoms with Crippen LogP contribution in [0.4, 0.5) is 0 Å². The maximum atomic E-state index is 12.9. The molecule has 2 heterocycles. The van der Waals surface area contributed by atoms with Crippen LogP contribution in [0.2, 0.25) is 0 Å². The third-order valence-corrected chi connectivity index (χ3v) is 5.74. The summed E-state index contributed by atoms with van der Waals surface area (Å²) in [6.07, 6.45) is 6.70. The highest BCUT2D eigenvalue weighted by atomic mass is 16.3. The molecule has 3 rings (SSSR count). The molecule has 1 aromatic heterocycles. The lowest BCUT2D eigenvalue weighted by Crippen LogP contribution is -2.53. The number of amides is 1. The van der Waals surface area contributed by atoms with Gasteiger partial charge in [0.2, 0.25) is 5.91 Å². The summed E-state index contributed by atoms with van der Waals surface area (Å²) < 4.78 is 0. The van der Waals surface area contributed by atoms with E-state index in [2.05, 4.69) is 15.2 Å². The molecule has 6 nitrogen and oxygen atoms in total. The molecule has 0 aromatic carbocycles. The lowest BCUT2D eigenvalue weighted by molar-refractivity contribution is -0.144. The number of aromatic nitrogens is 3. The fourth-order valence-corrected chi connectivity index (χ4v) is 4.03. The summed E-state index contributed by atoms with van der Waals surface area (Å²) in [4.78, 5) is 19.1. The fourth-order valence-electron chi connectivity index (χ4n) is 4.03. The number of nitrogens with zero attached hydrogens (tertiary/aromatic N) is 3. The van der Waals surface area contributed by atoms with Gasteiger partial charge in [-0.25, -0.2) is 4.98 Å². The second-order valence-electron chi connectivity index (χ2n) is 7.05. The van der Waals surface area contributed by atoms with Crippen LogP contribution in [0.1, 0.15) is 64.1 Å². The van der Waals surface area contributed by atoms with E-state index >= 15 is 0 Å². The largest absolute Gasteiger partial charge is 0.391 e. The van der Waals surface area contributed by atoms with Crippen molar-refractivity contribution < 1.29 is 9.90 Å². The molecule has 2 atom stereocenters. The van der Waals surface area contributed by atoms with E-state index in [0.717, 1.165) is 50.9 Å². The zero-order valence-corrected chi connectivity index (χ0v) is 13.5. The average molecular weight is 306 g/mol. The van der Waals surface area contributed by atoms with Crippen molar-refractivity contribution in [2.45, 2.75) is 69.9 Å². The summed E-state index contributed by atoms with van der Waals surface area (Å²) in [5.41, 5.74) is -0.390. The van der Waals surface area contributed by atoms with Crippen molar-refractivity contribution >= 4 is 5.91 Å². The van der Waals surface area contributed by atoms with Gasteiger partial charge in [0.25, 0.3) is 0 Å². The number of aromatic amines is 1. The molecule has 1 aliphatic carbocycles. The maximum absolute atomic E-state index is 12.9. The number of rotatable bonds is 3. The van der Waals surface area contributed by atoms with Crippen LogP contribution in [0.3, 0.4) is 0 Å². The summed E-state index contributed by atoms with van der Waals surface area (Å²) in [5.74, 6) is 1.67. The molecule has 6 heteroatoms. The minimum atomic E-state index is -0.482. The monoisotopic (exact) mass is 306 g/mol. The molecule has 2 N–H and O–H groups in total. The fraction of sp³-hybridized carbons (Fsp3) is 0.812. The molecule has 2 fully saturated rings. The molecule has 122 valence electrons. The van der Waals surface area contributed by atoms with Crippen LogP contribution in [0, 0.1) is 5.92 Å². The molecule has 2 aliphatic rings. The molecule has 1 unspecified atom stereocenters. The topological polar surface area (TPSA) is 82.1 Å². The Morgan fingerprint density at radius 2 is 2.18 bits per heavy atom. The quantitative estimate of drug-likeness (QED) is 0.892. The number of hydrogen-bond acceptors (Lipinski definition) is 4. The molecule has 1 aliphatic heterocycles. The molecule has 0 bridgehead atoms. The van der Waals surface area contributed by atoms with Crippen LogP contribution in [-0.4, -0.2) is 49.3 Å². The number of carbonyl (C=O) groups excluding carboxylic acids is 1. The minimum absolute atomic E-state index is 0.0929. The highest BCUT2D eigenvalue weighted by Gasteiger charge is 2.45. The first-order valence-corrected chi connectivity index (χ1v) is 8.37. The summed E-state index contributed by atoms with van der Waals surface area (Å²) in [5, 5.41) is 16.9. The molecule has 1 saturated carbocycles. The average Bonchev–Trinajstić information content (AvgIpc) is 3.17. The molecule has 1 aromatic rings. The molecule has 0 spiro atoms. The van der Waals surface area contributed by atoms with Crippen LogP contribution in [-0.2, 0) is 4.79 Å². The number of carbonyl (C=O) groups is 1. The lowest BCUT2D eigenvalue weighted by Gasteiger charge is -2.40. The number of likely N-dealkylation sites (tertiary alicyclic amines) is 1. The standard InChI is InChI=1S/C16H26N4O2/c1-11(21)16(2)8-3-9-20(16)15(22)13-6-4-12(5-7-13)14-17-10-18-19-14/h10-13,21H,3-9H2,1-2H3,(H,17,18,19)/t11?,12?,13?,16-/m0/s1. The van der Waals surface area contributed by atoms with Gasteiger partial charge in [-0.05, 0) is 52.4 Å². The number of nitrogens with one attached hydrogen (secondary N) is 1. The molecule has 22 heavy (non-hydrogen) atoms. The summed E-state index contributed by atoms with van der Waals surface area (Å²) in [6, 6.07) is 0. The number of hydrogen-bond donors (Lipinski definition) is 2. The SMILES string of the molecule is CC(O)[C@]1(C)CCCN1C(=O)C1CCC(c2ncn[nH]2)CC1. The smallest absolute Gasteiger partial charge is 0.226 e. The zero-order chi connectivity index (χ0) is 15.7. The van der Waals surface area contributed by atoms with Gasteiger partial charge >= 0.3 is 0 Å². The molecular formula is C16H26N4O2. The molecular weight excluding hydrogens is 280 g/mol. The Kier molecular flexibility index (Phi) is 4.21. The van der Waals surface area contributed by atoms with Crippen molar-refractivity contribution in [3.63, 3.8) is 0 Å². The first-order chi connectivity index (χ1) is 10.5. The van der Waals surface area contributed by atoms with E-state index in [9.17, 15) is 9.90 Å². The molecule has 1 amide bonds. The summed E-state index contributed by atoms with van der Waals surface area (Å²) >= 11 is 0. The van der Waals surface area contributed by atoms with Crippen molar-refractivity contribution in [1.29, 1.82) is 0 Å². The predicted molar refractivity (Wildman–Crippen MR) is 82.1 cm³/mol. The first kappa shape index (κ1) is 15.5. The van der Waals surface area contributed by atoms with E-state index in [0.29, 0.717) is 5.92 Å². The Hall–Kier alpha value is -1.43. The molecule has 1 saturated heterocycles. The Labute approximate surface area is 131 Å². The number of H-pyrrole nitrogens is 1. The second kappa shape index (κ2) is 5.99. The van der Waals surface area contributed by atoms with E-state index in [1.165, 1.54) is 0 Å². The lowest BCUT2D eigenvalue weighted by atomic mass is 9.80. The van der Waals surface area contributed by atoms with Crippen molar-refractivity contribution in [3.8, 4) is 0 Å². The van der Waals surface area contributed by atoms with Crippen LogP contribution in [0.5, 0.6) is 0 Å². The third kappa shape index (κ3) is 2.64. The van der Waals surface area contributed by atoms with Gasteiger partial charge in [0.05, 0.1) is 11.6 Å². The molecule has 0 radical (unpaired) electrons. The van der Waals surface area contributed by atoms with E-state index in [1.54, 1.807) is 13.3 Å². The van der Waals surface area contributed by atoms with Gasteiger partial charge in [-0.15, -0.1) is 0 Å². The van der Waals surface area contributed by atoms with Gasteiger partial charge in [0, 0.05) is 18.4 Å². The van der Waals surface area contributed by atoms with E-state index in [-0.39, 0.29) is 11.8 Å². The maximum Gasteiger partial charge on any atom is 0.226 e. The van der Waals surface area contributed by atoms with Crippen LogP contribution < -0.4 is 0 Å². The summed E-state index contributed by atoms with van der Waals surface area (Å²) in [6.45, 7) is 4.59. The zero-order valence-electron chi connectivity index (χ0n) is 13.5. The Morgan fingerprint density at radius 1 is 1.45 bits per heavy atom. The van der Waals surface area contributed by atoms with E-state index < -0.39 is 11.6 Å².